The standard InChI is InChI=1S/C45H44N2OP2/c1-35(49(39-25-13-5-14-26-39)40-27-15-6-16-28-40)43-44(36(2)50(41-29-17-7-18-30-41)42-31-19-8-20-32-42)47(34-38-23-11-4-12-24-38)45(48)46(43)33-37-21-9-3-10-22-37/h3-32,35-36,43-44H,33-34H2,1-2H3/t35-,36-,43-,44-/m1/s1. The fraction of sp³-hybridized carbons (Fsp3) is 0.178. The Labute approximate surface area is 300 Å². The summed E-state index contributed by atoms with van der Waals surface area (Å²) in [6.07, 6.45) is 0. The third-order valence-electron chi connectivity index (χ3n) is 9.89. The van der Waals surface area contributed by atoms with Crippen molar-refractivity contribution in [2.75, 3.05) is 0 Å². The van der Waals surface area contributed by atoms with Gasteiger partial charge in [-0.15, -0.1) is 0 Å². The van der Waals surface area contributed by atoms with Gasteiger partial charge in [-0.25, -0.2) is 4.79 Å². The van der Waals surface area contributed by atoms with Crippen LogP contribution in [-0.4, -0.2) is 39.2 Å². The second-order valence-electron chi connectivity index (χ2n) is 13.1. The smallest absolute Gasteiger partial charge is 0.315 e. The summed E-state index contributed by atoms with van der Waals surface area (Å²) in [4.78, 5) is 19.7. The molecule has 4 atom stereocenters. The largest absolute Gasteiger partial charge is 0.321 e. The van der Waals surface area contributed by atoms with Crippen LogP contribution in [0.15, 0.2) is 182 Å². The summed E-state index contributed by atoms with van der Waals surface area (Å²) in [6, 6.07) is 65.1. The molecule has 0 unspecified atom stereocenters. The summed E-state index contributed by atoms with van der Waals surface area (Å²) >= 11 is 0. The number of rotatable bonds is 12. The van der Waals surface area contributed by atoms with Gasteiger partial charge in [0, 0.05) is 24.4 Å². The van der Waals surface area contributed by atoms with Gasteiger partial charge in [-0.3, -0.25) is 0 Å². The molecule has 1 aliphatic rings. The van der Waals surface area contributed by atoms with E-state index in [9.17, 15) is 0 Å². The molecule has 2 amide bonds. The average molecular weight is 691 g/mol. The summed E-state index contributed by atoms with van der Waals surface area (Å²) < 4.78 is 0. The van der Waals surface area contributed by atoms with E-state index in [-0.39, 0.29) is 29.4 Å². The Morgan fingerprint density at radius 3 is 0.920 bits per heavy atom. The van der Waals surface area contributed by atoms with E-state index in [4.69, 9.17) is 0 Å². The Morgan fingerprint density at radius 1 is 0.420 bits per heavy atom. The molecule has 6 aromatic carbocycles. The molecule has 1 heterocycles. The summed E-state index contributed by atoms with van der Waals surface area (Å²) in [5.41, 5.74) is 2.64. The molecule has 0 radical (unpaired) electrons. The van der Waals surface area contributed by atoms with Crippen molar-refractivity contribution in [2.45, 2.75) is 50.3 Å². The lowest BCUT2D eigenvalue weighted by Gasteiger charge is -2.42. The van der Waals surface area contributed by atoms with Crippen molar-refractivity contribution >= 4 is 43.1 Å². The predicted molar refractivity (Wildman–Crippen MR) is 214 cm³/mol. The van der Waals surface area contributed by atoms with Gasteiger partial charge in [0.1, 0.15) is 0 Å². The number of carbonyl (C=O) groups excluding carboxylic acids is 1. The molecule has 1 saturated heterocycles. The molecule has 0 aromatic heterocycles. The van der Waals surface area contributed by atoms with Crippen LogP contribution in [0.4, 0.5) is 4.79 Å². The first-order valence-corrected chi connectivity index (χ1v) is 20.4. The fourth-order valence-electron chi connectivity index (χ4n) is 7.69. The van der Waals surface area contributed by atoms with Gasteiger partial charge in [0.15, 0.2) is 0 Å². The van der Waals surface area contributed by atoms with E-state index < -0.39 is 15.8 Å². The molecule has 0 aliphatic carbocycles. The topological polar surface area (TPSA) is 23.6 Å². The molecular formula is C45H44N2OP2. The number of nitrogens with zero attached hydrogens (tertiary/aromatic N) is 2. The zero-order valence-corrected chi connectivity index (χ0v) is 30.5. The Kier molecular flexibility index (Phi) is 10.8. The van der Waals surface area contributed by atoms with Crippen LogP contribution in [-0.2, 0) is 13.1 Å². The number of hydrogen-bond acceptors (Lipinski definition) is 1. The first kappa shape index (κ1) is 33.9. The zero-order valence-electron chi connectivity index (χ0n) is 28.7. The average Bonchev–Trinajstić information content (AvgIpc) is 3.44. The highest BCUT2D eigenvalue weighted by Crippen LogP contribution is 2.51. The van der Waals surface area contributed by atoms with Gasteiger partial charge >= 0.3 is 6.03 Å². The zero-order chi connectivity index (χ0) is 34.3. The number of amides is 2. The molecule has 3 nitrogen and oxygen atoms in total. The maximum absolute atomic E-state index is 15.2. The molecule has 6 aromatic rings. The second kappa shape index (κ2) is 16.0. The van der Waals surface area contributed by atoms with Crippen LogP contribution in [0.3, 0.4) is 0 Å². The van der Waals surface area contributed by atoms with Crippen LogP contribution in [0.25, 0.3) is 0 Å². The minimum atomic E-state index is -0.814. The number of benzene rings is 6. The van der Waals surface area contributed by atoms with Crippen molar-refractivity contribution in [2.24, 2.45) is 0 Å². The van der Waals surface area contributed by atoms with Crippen molar-refractivity contribution in [3.05, 3.63) is 193 Å². The second-order valence-corrected chi connectivity index (χ2v) is 18.2. The summed E-state index contributed by atoms with van der Waals surface area (Å²) in [7, 11) is -1.63. The normalized spacial score (nSPS) is 17.3. The molecular weight excluding hydrogens is 646 g/mol. The van der Waals surface area contributed by atoms with Crippen molar-refractivity contribution in [1.29, 1.82) is 0 Å². The van der Waals surface area contributed by atoms with Crippen LogP contribution in [0, 0.1) is 0 Å². The minimum Gasteiger partial charge on any atom is -0.315 e. The molecule has 1 fully saturated rings. The Hall–Kier alpha value is -4.55. The molecule has 5 heteroatoms. The van der Waals surface area contributed by atoms with Crippen molar-refractivity contribution in [1.82, 2.24) is 9.80 Å². The van der Waals surface area contributed by atoms with E-state index in [0.717, 1.165) is 11.1 Å². The van der Waals surface area contributed by atoms with Crippen molar-refractivity contribution in [3.63, 3.8) is 0 Å². The molecule has 0 N–H and O–H groups in total. The Balaban J connectivity index is 1.42. The van der Waals surface area contributed by atoms with E-state index in [1.54, 1.807) is 0 Å². The summed E-state index contributed by atoms with van der Waals surface area (Å²) in [5.74, 6) is 0. The minimum absolute atomic E-state index is 0.0367. The number of carbonyl (C=O) groups is 1. The molecule has 250 valence electrons. The van der Waals surface area contributed by atoms with E-state index in [2.05, 4.69) is 206 Å². The monoisotopic (exact) mass is 690 g/mol. The van der Waals surface area contributed by atoms with Crippen LogP contribution in [0.2, 0.25) is 0 Å². The number of urea groups is 1. The van der Waals surface area contributed by atoms with Crippen LogP contribution in [0.1, 0.15) is 25.0 Å². The Bertz CT molecular complexity index is 1710. The van der Waals surface area contributed by atoms with Gasteiger partial charge in [0.05, 0.1) is 12.1 Å². The Morgan fingerprint density at radius 2 is 0.660 bits per heavy atom. The van der Waals surface area contributed by atoms with Gasteiger partial charge in [0.2, 0.25) is 0 Å². The predicted octanol–water partition coefficient (Wildman–Crippen LogP) is 8.90. The lowest BCUT2D eigenvalue weighted by molar-refractivity contribution is 0.180. The molecule has 0 spiro atoms. The molecule has 1 aliphatic heterocycles. The van der Waals surface area contributed by atoms with Crippen LogP contribution >= 0.6 is 15.8 Å². The maximum Gasteiger partial charge on any atom is 0.321 e. The first-order valence-electron chi connectivity index (χ1n) is 17.5. The molecule has 0 bridgehead atoms. The maximum atomic E-state index is 15.2. The van der Waals surface area contributed by atoms with Crippen LogP contribution < -0.4 is 21.2 Å². The van der Waals surface area contributed by atoms with Crippen molar-refractivity contribution in [3.8, 4) is 0 Å². The van der Waals surface area contributed by atoms with E-state index in [0.29, 0.717) is 13.1 Å². The quantitative estimate of drug-likeness (QED) is 0.118. The highest BCUT2D eigenvalue weighted by Gasteiger charge is 2.53. The SMILES string of the molecule is C[C@H]([C@@H]1[C@@H]([C@@H](C)P(c2ccccc2)c2ccccc2)N(Cc2ccccc2)C(=O)N1Cc1ccccc1)P(c1ccccc1)c1ccccc1. The highest BCUT2D eigenvalue weighted by molar-refractivity contribution is 7.74. The van der Waals surface area contributed by atoms with E-state index in [1.807, 2.05) is 0 Å². The van der Waals surface area contributed by atoms with Crippen LogP contribution in [0.5, 0.6) is 0 Å². The summed E-state index contributed by atoms with van der Waals surface area (Å²) in [5, 5.41) is 5.37. The van der Waals surface area contributed by atoms with Crippen molar-refractivity contribution < 1.29 is 4.79 Å². The lowest BCUT2D eigenvalue weighted by atomic mass is 10.0. The highest BCUT2D eigenvalue weighted by atomic mass is 31.1. The van der Waals surface area contributed by atoms with E-state index >= 15 is 4.79 Å². The third-order valence-corrected chi connectivity index (χ3v) is 15.6. The molecule has 50 heavy (non-hydrogen) atoms. The van der Waals surface area contributed by atoms with Gasteiger partial charge in [-0.2, -0.15) is 0 Å². The number of hydrogen-bond donors (Lipinski definition) is 0. The van der Waals surface area contributed by atoms with E-state index in [1.165, 1.54) is 21.2 Å². The first-order chi connectivity index (χ1) is 24.6. The third kappa shape index (κ3) is 7.32. The summed E-state index contributed by atoms with van der Waals surface area (Å²) in [6.45, 7) is 5.98. The van der Waals surface area contributed by atoms with Gasteiger partial charge in [-0.05, 0) is 48.2 Å². The van der Waals surface area contributed by atoms with Gasteiger partial charge < -0.3 is 9.80 Å². The van der Waals surface area contributed by atoms with Gasteiger partial charge in [0.25, 0.3) is 0 Å². The van der Waals surface area contributed by atoms with Gasteiger partial charge in [-0.1, -0.05) is 196 Å². The molecule has 0 saturated carbocycles. The fourth-order valence-corrected chi connectivity index (χ4v) is 13.4. The lowest BCUT2D eigenvalue weighted by Crippen LogP contribution is -2.51. The molecule has 7 rings (SSSR count).